The molecule has 74 valence electrons. The Hall–Kier alpha value is -1.84. The van der Waals surface area contributed by atoms with Crippen LogP contribution in [0.1, 0.15) is 5.56 Å². The second-order valence-electron chi connectivity index (χ2n) is 2.54. The van der Waals surface area contributed by atoms with E-state index in [1.807, 2.05) is 0 Å². The lowest BCUT2D eigenvalue weighted by molar-refractivity contribution is -0.134. The minimum atomic E-state index is -1.59. The summed E-state index contributed by atoms with van der Waals surface area (Å²) < 4.78 is 17.7. The zero-order valence-electron chi connectivity index (χ0n) is 7.53. The molecule has 0 aliphatic heterocycles. The molecule has 0 heterocycles. The molecule has 0 amide bonds. The van der Waals surface area contributed by atoms with Crippen LogP contribution < -0.4 is 4.74 Å². The Kier molecular flexibility index (Phi) is 3.23. The maximum Gasteiger partial charge on any atom is 0.364 e. The van der Waals surface area contributed by atoms with E-state index in [0.717, 1.165) is 6.08 Å². The van der Waals surface area contributed by atoms with Crippen molar-refractivity contribution in [3.8, 4) is 5.75 Å². The number of rotatable bonds is 3. The van der Waals surface area contributed by atoms with Crippen LogP contribution in [-0.2, 0) is 4.79 Å². The number of hydrogen-bond donors (Lipinski definition) is 1. The van der Waals surface area contributed by atoms with Crippen molar-refractivity contribution in [1.29, 1.82) is 0 Å². The van der Waals surface area contributed by atoms with Crippen molar-refractivity contribution in [2.45, 2.75) is 0 Å². The first-order chi connectivity index (χ1) is 6.65. The molecule has 0 atom stereocenters. The number of carboxylic acids is 1. The summed E-state index contributed by atoms with van der Waals surface area (Å²) in [6, 6.07) is 6.58. The molecule has 0 saturated carbocycles. The average Bonchev–Trinajstić information content (AvgIpc) is 2.18. The van der Waals surface area contributed by atoms with Crippen molar-refractivity contribution in [2.24, 2.45) is 0 Å². The van der Waals surface area contributed by atoms with Gasteiger partial charge in [-0.1, -0.05) is 18.2 Å². The molecule has 0 aliphatic rings. The molecular weight excluding hydrogens is 187 g/mol. The van der Waals surface area contributed by atoms with Crippen LogP contribution in [0.4, 0.5) is 4.39 Å². The molecule has 1 rings (SSSR count). The van der Waals surface area contributed by atoms with Crippen molar-refractivity contribution in [2.75, 3.05) is 7.11 Å². The molecule has 0 aromatic heterocycles. The maximum atomic E-state index is 12.7. The molecule has 0 spiro atoms. The third-order valence-corrected chi connectivity index (χ3v) is 1.63. The van der Waals surface area contributed by atoms with E-state index in [2.05, 4.69) is 0 Å². The minimum absolute atomic E-state index is 0.398. The van der Waals surface area contributed by atoms with Gasteiger partial charge in [-0.2, -0.15) is 4.39 Å². The normalized spacial score (nSPS) is 11.1. The lowest BCUT2D eigenvalue weighted by atomic mass is 10.2. The molecule has 0 saturated heterocycles. The van der Waals surface area contributed by atoms with Gasteiger partial charge in [-0.15, -0.1) is 0 Å². The smallest absolute Gasteiger partial charge is 0.364 e. The highest BCUT2D eigenvalue weighted by Crippen LogP contribution is 2.20. The number of halogens is 1. The quantitative estimate of drug-likeness (QED) is 0.753. The van der Waals surface area contributed by atoms with Gasteiger partial charge >= 0.3 is 5.97 Å². The highest BCUT2D eigenvalue weighted by atomic mass is 19.1. The van der Waals surface area contributed by atoms with Crippen LogP contribution in [0.3, 0.4) is 0 Å². The predicted molar refractivity (Wildman–Crippen MR) is 49.7 cm³/mol. The fourth-order valence-corrected chi connectivity index (χ4v) is 0.984. The third kappa shape index (κ3) is 2.32. The number of ether oxygens (including phenoxy) is 1. The van der Waals surface area contributed by atoms with Gasteiger partial charge in [0.15, 0.2) is 0 Å². The number of aliphatic carboxylic acids is 1. The minimum Gasteiger partial charge on any atom is -0.496 e. The van der Waals surface area contributed by atoms with Gasteiger partial charge in [0, 0.05) is 5.56 Å². The molecule has 0 aliphatic carbocycles. The van der Waals surface area contributed by atoms with Crippen LogP contribution in [0, 0.1) is 0 Å². The third-order valence-electron chi connectivity index (χ3n) is 1.63. The molecule has 1 aromatic rings. The van der Waals surface area contributed by atoms with Gasteiger partial charge in [-0.25, -0.2) is 4.79 Å². The molecule has 1 aromatic carbocycles. The van der Waals surface area contributed by atoms with Gasteiger partial charge in [0.1, 0.15) is 5.75 Å². The first-order valence-corrected chi connectivity index (χ1v) is 3.88. The fourth-order valence-electron chi connectivity index (χ4n) is 0.984. The van der Waals surface area contributed by atoms with E-state index in [1.54, 1.807) is 24.3 Å². The Labute approximate surface area is 80.4 Å². The second-order valence-corrected chi connectivity index (χ2v) is 2.54. The van der Waals surface area contributed by atoms with Gasteiger partial charge in [-0.05, 0) is 12.1 Å². The monoisotopic (exact) mass is 196 g/mol. The zero-order valence-corrected chi connectivity index (χ0v) is 7.53. The molecule has 0 fully saturated rings. The number of benzene rings is 1. The molecule has 0 radical (unpaired) electrons. The van der Waals surface area contributed by atoms with Crippen molar-refractivity contribution < 1.29 is 19.0 Å². The fraction of sp³-hybridized carbons (Fsp3) is 0.100. The van der Waals surface area contributed by atoms with Crippen LogP contribution in [0.25, 0.3) is 6.08 Å². The number of carbonyl (C=O) groups is 1. The van der Waals surface area contributed by atoms with Gasteiger partial charge in [0.05, 0.1) is 7.11 Å². The molecule has 14 heavy (non-hydrogen) atoms. The molecule has 0 bridgehead atoms. The summed E-state index contributed by atoms with van der Waals surface area (Å²) in [5.74, 6) is -2.37. The van der Waals surface area contributed by atoms with Crippen molar-refractivity contribution in [3.05, 3.63) is 35.7 Å². The number of methoxy groups -OCH3 is 1. The summed E-state index contributed by atoms with van der Waals surface area (Å²) in [4.78, 5) is 10.2. The molecule has 4 heteroatoms. The summed E-state index contributed by atoms with van der Waals surface area (Å²) in [5.41, 5.74) is 0.398. The number of hydrogen-bond acceptors (Lipinski definition) is 2. The molecule has 0 unspecified atom stereocenters. The lowest BCUT2D eigenvalue weighted by Gasteiger charge is -2.02. The molecular formula is C10H9FO3. The summed E-state index contributed by atoms with van der Waals surface area (Å²) >= 11 is 0. The first kappa shape index (κ1) is 10.2. The van der Waals surface area contributed by atoms with E-state index in [4.69, 9.17) is 9.84 Å². The Morgan fingerprint density at radius 3 is 2.71 bits per heavy atom. The standard InChI is InChI=1S/C10H9FO3/c1-14-9-5-3-2-4-7(9)6-8(11)10(12)13/h2-6H,1H3,(H,12,13). The van der Waals surface area contributed by atoms with E-state index in [1.165, 1.54) is 7.11 Å². The predicted octanol–water partition coefficient (Wildman–Crippen LogP) is 2.09. The van der Waals surface area contributed by atoms with Crippen molar-refractivity contribution in [3.63, 3.8) is 0 Å². The van der Waals surface area contributed by atoms with Crippen LogP contribution in [0.2, 0.25) is 0 Å². The van der Waals surface area contributed by atoms with E-state index in [9.17, 15) is 9.18 Å². The highest BCUT2D eigenvalue weighted by molar-refractivity contribution is 5.90. The average molecular weight is 196 g/mol. The van der Waals surface area contributed by atoms with Gasteiger partial charge in [0.25, 0.3) is 0 Å². The summed E-state index contributed by atoms with van der Waals surface area (Å²) in [5, 5.41) is 8.32. The Bertz CT molecular complexity index is 371. The van der Waals surface area contributed by atoms with E-state index in [-0.39, 0.29) is 0 Å². The lowest BCUT2D eigenvalue weighted by Crippen LogP contribution is -1.95. The number of para-hydroxylation sites is 1. The molecule has 3 nitrogen and oxygen atoms in total. The zero-order chi connectivity index (χ0) is 10.6. The Morgan fingerprint density at radius 2 is 2.14 bits per heavy atom. The van der Waals surface area contributed by atoms with E-state index < -0.39 is 11.8 Å². The topological polar surface area (TPSA) is 46.5 Å². The van der Waals surface area contributed by atoms with Crippen molar-refractivity contribution in [1.82, 2.24) is 0 Å². The molecule has 1 N–H and O–H groups in total. The summed E-state index contributed by atoms with van der Waals surface area (Å²) in [7, 11) is 1.44. The van der Waals surface area contributed by atoms with Crippen LogP contribution >= 0.6 is 0 Å². The van der Waals surface area contributed by atoms with Crippen LogP contribution in [0.5, 0.6) is 5.75 Å². The maximum absolute atomic E-state index is 12.7. The van der Waals surface area contributed by atoms with E-state index >= 15 is 0 Å². The van der Waals surface area contributed by atoms with Gasteiger partial charge in [0.2, 0.25) is 5.83 Å². The van der Waals surface area contributed by atoms with Crippen LogP contribution in [0.15, 0.2) is 30.1 Å². The Morgan fingerprint density at radius 1 is 1.50 bits per heavy atom. The highest BCUT2D eigenvalue weighted by Gasteiger charge is 2.07. The van der Waals surface area contributed by atoms with E-state index in [0.29, 0.717) is 11.3 Å². The summed E-state index contributed by atoms with van der Waals surface area (Å²) in [6.45, 7) is 0. The van der Waals surface area contributed by atoms with Crippen molar-refractivity contribution >= 4 is 12.0 Å². The SMILES string of the molecule is COc1ccccc1C=C(F)C(=O)O. The van der Waals surface area contributed by atoms with Gasteiger partial charge < -0.3 is 9.84 Å². The summed E-state index contributed by atoms with van der Waals surface area (Å²) in [6.07, 6.45) is 0.918. The first-order valence-electron chi connectivity index (χ1n) is 3.88. The van der Waals surface area contributed by atoms with Gasteiger partial charge in [-0.3, -0.25) is 0 Å². The number of carboxylic acid groups (broad SMARTS) is 1. The largest absolute Gasteiger partial charge is 0.496 e. The second kappa shape index (κ2) is 4.41. The van der Waals surface area contributed by atoms with Crippen LogP contribution in [-0.4, -0.2) is 18.2 Å². The Balaban J connectivity index is 3.07.